The van der Waals surface area contributed by atoms with Crippen LogP contribution in [0, 0.1) is 17.3 Å². The molecule has 2 aromatic rings. The van der Waals surface area contributed by atoms with Gasteiger partial charge in [-0.15, -0.1) is 0 Å². The summed E-state index contributed by atoms with van der Waals surface area (Å²) in [6.07, 6.45) is 2.30. The van der Waals surface area contributed by atoms with Gasteiger partial charge in [0.25, 0.3) is 0 Å². The summed E-state index contributed by atoms with van der Waals surface area (Å²) >= 11 is 10.9. The summed E-state index contributed by atoms with van der Waals surface area (Å²) in [4.78, 5) is 71.5. The summed E-state index contributed by atoms with van der Waals surface area (Å²) in [6, 6.07) is 12.4. The van der Waals surface area contributed by atoms with E-state index in [9.17, 15) is 24.0 Å². The molecule has 3 aliphatic heterocycles. The van der Waals surface area contributed by atoms with Crippen molar-refractivity contribution < 1.29 is 42.9 Å². The van der Waals surface area contributed by atoms with Gasteiger partial charge in [0, 0.05) is 69.2 Å². The maximum absolute atomic E-state index is 13.9. The molecular weight excluding hydrogens is 832 g/mol. The number of ether oxygens (including phenoxy) is 4. The molecule has 62 heavy (non-hydrogen) atoms. The monoisotopic (exact) mass is 896 g/mol. The van der Waals surface area contributed by atoms with Gasteiger partial charge in [0.2, 0.25) is 17.7 Å². The maximum Gasteiger partial charge on any atom is 0.347 e. The highest BCUT2D eigenvalue weighted by Gasteiger charge is 2.48. The summed E-state index contributed by atoms with van der Waals surface area (Å²) in [5, 5.41) is 5.94. The SMILES string of the molecule is COc1ccc(C[C@H]2NC(=O)/C=C/C[C@@H]([C@H](C)[C@H]3O[C@@H]3c3ccc(CN4CCN(C(=O)CCC(C)(C)S)CC4)cc3)OC(=O)[C@H](CC(C)C)OC(=O)C(C)(C)CNC2=O)cc1Cl. The zero-order chi connectivity index (χ0) is 45.4. The van der Waals surface area contributed by atoms with Crippen molar-refractivity contribution in [3.05, 3.63) is 76.3 Å². The molecule has 0 saturated carbocycles. The highest BCUT2D eigenvalue weighted by Crippen LogP contribution is 2.45. The van der Waals surface area contributed by atoms with Crippen LogP contribution in [-0.2, 0) is 51.1 Å². The number of rotatable bonds is 13. The second-order valence-corrected chi connectivity index (χ2v) is 20.2. The predicted molar refractivity (Wildman–Crippen MR) is 241 cm³/mol. The topological polar surface area (TPSA) is 156 Å². The van der Waals surface area contributed by atoms with Crippen LogP contribution in [0.2, 0.25) is 5.02 Å². The minimum absolute atomic E-state index is 0.00532. The first kappa shape index (κ1) is 48.9. The fourth-order valence-electron chi connectivity index (χ4n) is 7.62. The molecule has 2 N–H and O–H groups in total. The van der Waals surface area contributed by atoms with E-state index >= 15 is 0 Å². The number of piperazine rings is 1. The number of halogens is 1. The number of cyclic esters (lactones) is 2. The molecule has 15 heteroatoms. The van der Waals surface area contributed by atoms with Gasteiger partial charge in [0.1, 0.15) is 24.0 Å². The minimum atomic E-state index is -1.23. The second kappa shape index (κ2) is 21.5. The van der Waals surface area contributed by atoms with Gasteiger partial charge in [-0.2, -0.15) is 12.6 Å². The highest BCUT2D eigenvalue weighted by atomic mass is 35.5. The lowest BCUT2D eigenvalue weighted by molar-refractivity contribution is -0.179. The van der Waals surface area contributed by atoms with Gasteiger partial charge in [0.05, 0.1) is 23.7 Å². The van der Waals surface area contributed by atoms with Crippen LogP contribution in [0.3, 0.4) is 0 Å². The number of epoxide rings is 1. The van der Waals surface area contributed by atoms with E-state index in [-0.39, 0.29) is 60.5 Å². The molecule has 0 aliphatic carbocycles. The summed E-state index contributed by atoms with van der Waals surface area (Å²) in [5.41, 5.74) is 1.62. The first-order valence-electron chi connectivity index (χ1n) is 21.7. The van der Waals surface area contributed by atoms with E-state index in [4.69, 9.17) is 30.5 Å². The summed E-state index contributed by atoms with van der Waals surface area (Å²) in [6.45, 7) is 16.8. The van der Waals surface area contributed by atoms with Crippen LogP contribution in [0.15, 0.2) is 54.6 Å². The third-order valence-corrected chi connectivity index (χ3v) is 12.2. The van der Waals surface area contributed by atoms with Crippen molar-refractivity contribution in [1.29, 1.82) is 0 Å². The molecule has 0 radical (unpaired) electrons. The average Bonchev–Trinajstić information content (AvgIpc) is 4.02. The van der Waals surface area contributed by atoms with Crippen molar-refractivity contribution in [2.45, 2.75) is 122 Å². The largest absolute Gasteiger partial charge is 0.495 e. The molecule has 2 aromatic carbocycles. The Kier molecular flexibility index (Phi) is 17.0. The molecule has 13 nitrogen and oxygen atoms in total. The molecule has 340 valence electrons. The molecule has 2 saturated heterocycles. The van der Waals surface area contributed by atoms with Crippen LogP contribution < -0.4 is 15.4 Å². The number of methoxy groups -OCH3 is 1. The van der Waals surface area contributed by atoms with Gasteiger partial charge in [-0.3, -0.25) is 24.1 Å². The second-order valence-electron chi connectivity index (χ2n) is 18.6. The van der Waals surface area contributed by atoms with Crippen LogP contribution in [0.1, 0.15) is 96.9 Å². The van der Waals surface area contributed by atoms with Crippen LogP contribution in [0.5, 0.6) is 5.75 Å². The van der Waals surface area contributed by atoms with Crippen molar-refractivity contribution in [3.8, 4) is 5.75 Å². The Balaban J connectivity index is 1.27. The molecule has 3 heterocycles. The number of benzene rings is 2. The smallest absolute Gasteiger partial charge is 0.347 e. The summed E-state index contributed by atoms with van der Waals surface area (Å²) in [7, 11) is 1.51. The molecule has 3 aliphatic rings. The molecular formula is C47H65ClN4O9S. The number of hydrogen-bond donors (Lipinski definition) is 3. The molecule has 0 unspecified atom stereocenters. The van der Waals surface area contributed by atoms with E-state index < -0.39 is 47.4 Å². The Morgan fingerprint density at radius 2 is 1.68 bits per heavy atom. The van der Waals surface area contributed by atoms with Gasteiger partial charge in [-0.05, 0) is 67.5 Å². The van der Waals surface area contributed by atoms with Gasteiger partial charge in [0.15, 0.2) is 6.10 Å². The summed E-state index contributed by atoms with van der Waals surface area (Å²) in [5.74, 6) is -2.02. The van der Waals surface area contributed by atoms with Gasteiger partial charge in [-0.25, -0.2) is 4.79 Å². The normalized spacial score (nSPS) is 25.3. The summed E-state index contributed by atoms with van der Waals surface area (Å²) < 4.78 is 23.3. The molecule has 0 aromatic heterocycles. The number of carbonyl (C=O) groups excluding carboxylic acids is 5. The van der Waals surface area contributed by atoms with Gasteiger partial charge >= 0.3 is 11.9 Å². The third-order valence-electron chi connectivity index (χ3n) is 11.7. The van der Waals surface area contributed by atoms with E-state index in [1.54, 1.807) is 38.1 Å². The van der Waals surface area contributed by atoms with Crippen molar-refractivity contribution in [3.63, 3.8) is 0 Å². The van der Waals surface area contributed by atoms with Crippen molar-refractivity contribution in [1.82, 2.24) is 20.4 Å². The van der Waals surface area contributed by atoms with E-state index in [2.05, 4.69) is 52.4 Å². The number of amides is 3. The zero-order valence-electron chi connectivity index (χ0n) is 37.4. The van der Waals surface area contributed by atoms with E-state index in [0.29, 0.717) is 35.8 Å². The Morgan fingerprint density at radius 3 is 2.31 bits per heavy atom. The van der Waals surface area contributed by atoms with Gasteiger partial charge in [-0.1, -0.05) is 82.6 Å². The minimum Gasteiger partial charge on any atom is -0.495 e. The maximum atomic E-state index is 13.9. The fraction of sp³-hybridized carbons (Fsp3) is 0.596. The Hall–Kier alpha value is -4.11. The Bertz CT molecular complexity index is 1930. The standard InChI is InChI=1S/C47H65ClN4O9S/c1-29(2)24-38-44(56)59-36(10-9-11-39(53)50-35(26-32-14-17-37(58-8)34(48)25-32)43(55)49-28-46(4,5)45(57)60-38)30(3)41-42(61-41)33-15-12-31(13-16-33)27-51-20-22-52(23-21-51)40(54)18-19-47(6,7)62/h9,11-17,25,29-30,35-36,38,41-42,62H,10,18-24,26-28H2,1-8H3,(H,49,55)(H,50,53)/b11-9+/t30-,35+,36-,38-,41+,42+/m0/s1. The lowest BCUT2D eigenvalue weighted by Crippen LogP contribution is -2.51. The van der Waals surface area contributed by atoms with Crippen LogP contribution >= 0.6 is 24.2 Å². The molecule has 5 rings (SSSR count). The highest BCUT2D eigenvalue weighted by molar-refractivity contribution is 7.81. The van der Waals surface area contributed by atoms with E-state index in [0.717, 1.165) is 37.2 Å². The molecule has 2 fully saturated rings. The van der Waals surface area contributed by atoms with E-state index in [1.165, 1.54) is 13.2 Å². The molecule has 6 atom stereocenters. The number of nitrogens with one attached hydrogen (secondary N) is 2. The average molecular weight is 898 g/mol. The van der Waals surface area contributed by atoms with Gasteiger partial charge < -0.3 is 34.5 Å². The van der Waals surface area contributed by atoms with E-state index in [1.807, 2.05) is 39.5 Å². The third kappa shape index (κ3) is 14.2. The molecule has 3 amide bonds. The number of carbonyl (C=O) groups is 5. The lowest BCUT2D eigenvalue weighted by Gasteiger charge is -2.35. The molecule has 0 bridgehead atoms. The van der Waals surface area contributed by atoms with Crippen LogP contribution in [0.4, 0.5) is 0 Å². The number of hydrogen-bond acceptors (Lipinski definition) is 11. The number of esters is 2. The first-order chi connectivity index (χ1) is 29.2. The Labute approximate surface area is 377 Å². The Morgan fingerprint density at radius 1 is 1.00 bits per heavy atom. The quantitative estimate of drug-likeness (QED) is 0.119. The zero-order valence-corrected chi connectivity index (χ0v) is 39.1. The molecule has 0 spiro atoms. The van der Waals surface area contributed by atoms with Crippen molar-refractivity contribution >= 4 is 53.9 Å². The van der Waals surface area contributed by atoms with Crippen molar-refractivity contribution in [2.75, 3.05) is 39.8 Å². The number of nitrogens with zero attached hydrogens (tertiary/aromatic N) is 2. The lowest BCUT2D eigenvalue weighted by atomic mass is 9.92. The fourth-order valence-corrected chi connectivity index (χ4v) is 8.01. The van der Waals surface area contributed by atoms with Crippen molar-refractivity contribution in [2.24, 2.45) is 17.3 Å². The predicted octanol–water partition coefficient (Wildman–Crippen LogP) is 6.26. The van der Waals surface area contributed by atoms with Crippen LogP contribution in [0.25, 0.3) is 0 Å². The first-order valence-corrected chi connectivity index (χ1v) is 22.5. The number of thiol groups is 1. The van der Waals surface area contributed by atoms with Crippen LogP contribution in [-0.4, -0.2) is 108 Å².